The maximum Gasteiger partial charge on any atom is 0.240 e. The van der Waals surface area contributed by atoms with Crippen LogP contribution in [0.4, 0.5) is 0 Å². The highest BCUT2D eigenvalue weighted by molar-refractivity contribution is 5.86. The first kappa shape index (κ1) is 11.4. The number of amides is 1. The van der Waals surface area contributed by atoms with Crippen molar-refractivity contribution in [3.63, 3.8) is 0 Å². The predicted molar refractivity (Wildman–Crippen MR) is 61.5 cm³/mol. The predicted octanol–water partition coefficient (Wildman–Crippen LogP) is 2.52. The van der Waals surface area contributed by atoms with E-state index in [-0.39, 0.29) is 11.4 Å². The Bertz CT molecular complexity index is 317. The smallest absolute Gasteiger partial charge is 0.240 e. The second-order valence-electron chi connectivity index (χ2n) is 5.62. The average Bonchev–Trinajstić information content (AvgIpc) is 2.87. The van der Waals surface area contributed by atoms with Gasteiger partial charge in [-0.15, -0.1) is 0 Å². The van der Waals surface area contributed by atoms with Crippen LogP contribution < -0.4 is 5.32 Å². The number of carbonyl (C=O) groups excluding carboxylic acids is 1. The highest BCUT2D eigenvalue weighted by Crippen LogP contribution is 2.39. The zero-order valence-corrected chi connectivity index (χ0v) is 10.0. The van der Waals surface area contributed by atoms with Gasteiger partial charge in [-0.25, -0.2) is 0 Å². The molecule has 3 heteroatoms. The maximum absolute atomic E-state index is 12.2. The van der Waals surface area contributed by atoms with Gasteiger partial charge < -0.3 is 5.32 Å². The van der Waals surface area contributed by atoms with E-state index in [2.05, 4.69) is 18.3 Å². The number of nitriles is 1. The summed E-state index contributed by atoms with van der Waals surface area (Å²) >= 11 is 0. The molecule has 0 aromatic rings. The van der Waals surface area contributed by atoms with Crippen LogP contribution in [-0.4, -0.2) is 11.4 Å². The summed E-state index contributed by atoms with van der Waals surface area (Å²) in [5.41, 5.74) is -0.769. The molecule has 0 bridgehead atoms. The summed E-state index contributed by atoms with van der Waals surface area (Å²) in [5.74, 6) is -0.0168. The van der Waals surface area contributed by atoms with Crippen molar-refractivity contribution in [1.29, 1.82) is 5.26 Å². The van der Waals surface area contributed by atoms with E-state index in [9.17, 15) is 10.1 Å². The first-order valence-corrected chi connectivity index (χ1v) is 6.34. The molecule has 0 radical (unpaired) electrons. The number of carbonyl (C=O) groups is 1. The van der Waals surface area contributed by atoms with Crippen molar-refractivity contribution >= 4 is 5.91 Å². The van der Waals surface area contributed by atoms with Crippen molar-refractivity contribution < 1.29 is 4.79 Å². The molecule has 0 spiro atoms. The lowest BCUT2D eigenvalue weighted by Crippen LogP contribution is -2.49. The molecule has 0 atom stereocenters. The quantitative estimate of drug-likeness (QED) is 0.777. The van der Waals surface area contributed by atoms with E-state index in [0.717, 1.165) is 38.5 Å². The molecule has 2 rings (SSSR count). The fourth-order valence-corrected chi connectivity index (χ4v) is 3.04. The van der Waals surface area contributed by atoms with E-state index in [1.54, 1.807) is 0 Å². The molecule has 0 unspecified atom stereocenters. The van der Waals surface area contributed by atoms with Gasteiger partial charge in [0.1, 0.15) is 5.41 Å². The van der Waals surface area contributed by atoms with Crippen molar-refractivity contribution in [3.05, 3.63) is 0 Å². The summed E-state index contributed by atoms with van der Waals surface area (Å²) in [7, 11) is 0. The zero-order chi connectivity index (χ0) is 11.6. The Morgan fingerprint density at radius 3 is 2.12 bits per heavy atom. The highest BCUT2D eigenvalue weighted by Gasteiger charge is 2.44. The lowest BCUT2D eigenvalue weighted by Gasteiger charge is -2.30. The standard InChI is InChI=1S/C13H20N2O/c1-12(6-2-3-7-12)15-11(16)13(10-14)8-4-5-9-13/h2-9H2,1H3,(H,15,16). The minimum Gasteiger partial charge on any atom is -0.350 e. The first-order chi connectivity index (χ1) is 7.60. The Morgan fingerprint density at radius 1 is 1.12 bits per heavy atom. The third kappa shape index (κ3) is 1.93. The summed E-state index contributed by atoms with van der Waals surface area (Å²) in [6.07, 6.45) is 8.00. The molecule has 2 aliphatic carbocycles. The first-order valence-electron chi connectivity index (χ1n) is 6.34. The maximum atomic E-state index is 12.2. The Hall–Kier alpha value is -1.04. The minimum atomic E-state index is -0.717. The molecule has 1 N–H and O–H groups in total. The monoisotopic (exact) mass is 220 g/mol. The fraction of sp³-hybridized carbons (Fsp3) is 0.846. The SMILES string of the molecule is CC1(NC(=O)C2(C#N)CCCC2)CCCC1. The van der Waals surface area contributed by atoms with Crippen molar-refractivity contribution in [3.8, 4) is 6.07 Å². The highest BCUT2D eigenvalue weighted by atomic mass is 16.2. The molecule has 0 heterocycles. The third-order valence-electron chi connectivity index (χ3n) is 4.23. The molecular formula is C13H20N2O. The lowest BCUT2D eigenvalue weighted by atomic mass is 9.85. The largest absolute Gasteiger partial charge is 0.350 e. The molecule has 0 aromatic carbocycles. The van der Waals surface area contributed by atoms with Crippen LogP contribution >= 0.6 is 0 Å². The second-order valence-corrected chi connectivity index (χ2v) is 5.62. The van der Waals surface area contributed by atoms with Gasteiger partial charge in [-0.3, -0.25) is 4.79 Å². The van der Waals surface area contributed by atoms with E-state index >= 15 is 0 Å². The summed E-state index contributed by atoms with van der Waals surface area (Å²) < 4.78 is 0. The molecule has 0 aliphatic heterocycles. The summed E-state index contributed by atoms with van der Waals surface area (Å²) in [6.45, 7) is 2.11. The fourth-order valence-electron chi connectivity index (χ4n) is 3.04. The molecule has 2 fully saturated rings. The van der Waals surface area contributed by atoms with Crippen LogP contribution in [0.5, 0.6) is 0 Å². The van der Waals surface area contributed by atoms with Gasteiger partial charge in [0.15, 0.2) is 0 Å². The average molecular weight is 220 g/mol. The summed E-state index contributed by atoms with van der Waals surface area (Å²) in [6, 6.07) is 2.26. The lowest BCUT2D eigenvalue weighted by molar-refractivity contribution is -0.129. The molecule has 16 heavy (non-hydrogen) atoms. The molecule has 1 amide bonds. The van der Waals surface area contributed by atoms with E-state index in [1.165, 1.54) is 12.8 Å². The number of rotatable bonds is 2. The topological polar surface area (TPSA) is 52.9 Å². The zero-order valence-electron chi connectivity index (χ0n) is 10.0. The van der Waals surface area contributed by atoms with E-state index in [0.29, 0.717) is 0 Å². The molecule has 2 saturated carbocycles. The van der Waals surface area contributed by atoms with Crippen LogP contribution in [-0.2, 0) is 4.79 Å². The number of nitrogens with zero attached hydrogens (tertiary/aromatic N) is 1. The van der Waals surface area contributed by atoms with Crippen LogP contribution in [0.15, 0.2) is 0 Å². The third-order valence-corrected chi connectivity index (χ3v) is 4.23. The number of hydrogen-bond acceptors (Lipinski definition) is 2. The molecule has 0 saturated heterocycles. The van der Waals surface area contributed by atoms with Crippen LogP contribution in [0.3, 0.4) is 0 Å². The second kappa shape index (κ2) is 4.08. The van der Waals surface area contributed by atoms with Crippen LogP contribution in [0.2, 0.25) is 0 Å². The molecule has 3 nitrogen and oxygen atoms in total. The normalized spacial score (nSPS) is 26.2. The van der Waals surface area contributed by atoms with Gasteiger partial charge in [-0.2, -0.15) is 5.26 Å². The van der Waals surface area contributed by atoms with Crippen molar-refractivity contribution in [2.24, 2.45) is 5.41 Å². The van der Waals surface area contributed by atoms with Crippen molar-refractivity contribution in [2.45, 2.75) is 63.8 Å². The summed E-state index contributed by atoms with van der Waals surface area (Å²) in [5, 5.41) is 12.4. The van der Waals surface area contributed by atoms with Crippen molar-refractivity contribution in [1.82, 2.24) is 5.32 Å². The molecular weight excluding hydrogens is 200 g/mol. The van der Waals surface area contributed by atoms with E-state index in [1.807, 2.05) is 0 Å². The molecule has 88 valence electrons. The van der Waals surface area contributed by atoms with Gasteiger partial charge in [0, 0.05) is 5.54 Å². The van der Waals surface area contributed by atoms with Gasteiger partial charge in [-0.05, 0) is 32.6 Å². The Balaban J connectivity index is 2.04. The number of nitrogens with one attached hydrogen (secondary N) is 1. The van der Waals surface area contributed by atoms with Gasteiger partial charge in [0.05, 0.1) is 6.07 Å². The number of hydrogen-bond donors (Lipinski definition) is 1. The Morgan fingerprint density at radius 2 is 1.62 bits per heavy atom. The van der Waals surface area contributed by atoms with Crippen LogP contribution in [0.25, 0.3) is 0 Å². The van der Waals surface area contributed by atoms with Gasteiger partial charge in [0.2, 0.25) is 5.91 Å². The van der Waals surface area contributed by atoms with Crippen LogP contribution in [0, 0.1) is 16.7 Å². The Kier molecular flexibility index (Phi) is 2.92. The molecule has 0 aromatic heterocycles. The van der Waals surface area contributed by atoms with E-state index < -0.39 is 5.41 Å². The van der Waals surface area contributed by atoms with Gasteiger partial charge >= 0.3 is 0 Å². The summed E-state index contributed by atoms with van der Waals surface area (Å²) in [4.78, 5) is 12.2. The molecule has 2 aliphatic rings. The Labute approximate surface area is 97.2 Å². The van der Waals surface area contributed by atoms with E-state index in [4.69, 9.17) is 0 Å². The van der Waals surface area contributed by atoms with Gasteiger partial charge in [-0.1, -0.05) is 25.7 Å². The van der Waals surface area contributed by atoms with Crippen LogP contribution in [0.1, 0.15) is 58.3 Å². The minimum absolute atomic E-state index is 0.0168. The van der Waals surface area contributed by atoms with Crippen molar-refractivity contribution in [2.75, 3.05) is 0 Å². The van der Waals surface area contributed by atoms with Gasteiger partial charge in [0.25, 0.3) is 0 Å².